The lowest BCUT2D eigenvalue weighted by molar-refractivity contribution is 0.409. The highest BCUT2D eigenvalue weighted by atomic mass is 14.9. The van der Waals surface area contributed by atoms with E-state index in [0.29, 0.717) is 18.5 Å². The van der Waals surface area contributed by atoms with Crippen LogP contribution in [0.15, 0.2) is 12.1 Å². The summed E-state index contributed by atoms with van der Waals surface area (Å²) in [7, 11) is 0. The Bertz CT molecular complexity index is 383. The third-order valence-corrected chi connectivity index (χ3v) is 4.03. The largest absolute Gasteiger partial charge is 0.329 e. The Hall–Kier alpha value is -0.860. The van der Waals surface area contributed by atoms with E-state index in [9.17, 15) is 0 Å². The number of rotatable bonds is 6. The molecule has 0 amide bonds. The maximum Gasteiger partial charge on any atom is 0.0213 e. The van der Waals surface area contributed by atoms with Crippen molar-refractivity contribution < 1.29 is 0 Å². The molecule has 18 heavy (non-hydrogen) atoms. The predicted octanol–water partition coefficient (Wildman–Crippen LogP) is 2.73. The van der Waals surface area contributed by atoms with E-state index in [2.05, 4.69) is 52.1 Å². The van der Waals surface area contributed by atoms with Gasteiger partial charge in [-0.25, -0.2) is 0 Å². The van der Waals surface area contributed by atoms with Crippen LogP contribution in [-0.2, 0) is 6.42 Å². The van der Waals surface area contributed by atoms with Gasteiger partial charge in [0.25, 0.3) is 0 Å². The molecule has 0 bridgehead atoms. The van der Waals surface area contributed by atoms with Gasteiger partial charge in [0.2, 0.25) is 0 Å². The highest BCUT2D eigenvalue weighted by molar-refractivity contribution is 5.38. The van der Waals surface area contributed by atoms with E-state index in [0.717, 1.165) is 13.0 Å². The standard InChI is InChI=1S/C16H28N2/c1-11(2)16(10-17)18-9-8-15-7-6-12(3)13(4)14(15)5/h6-7,11,16,18H,8-10,17H2,1-5H3. The Balaban J connectivity index is 2.57. The molecule has 3 N–H and O–H groups in total. The van der Waals surface area contributed by atoms with Crippen molar-refractivity contribution in [2.24, 2.45) is 11.7 Å². The van der Waals surface area contributed by atoms with Crippen LogP contribution in [0, 0.1) is 26.7 Å². The fraction of sp³-hybridized carbons (Fsp3) is 0.625. The van der Waals surface area contributed by atoms with Gasteiger partial charge in [0.1, 0.15) is 0 Å². The molecule has 0 aliphatic carbocycles. The zero-order valence-corrected chi connectivity index (χ0v) is 12.5. The fourth-order valence-corrected chi connectivity index (χ4v) is 2.27. The molecule has 0 aliphatic heterocycles. The number of hydrogen-bond donors (Lipinski definition) is 2. The lowest BCUT2D eigenvalue weighted by Gasteiger charge is -2.21. The number of nitrogens with one attached hydrogen (secondary N) is 1. The summed E-state index contributed by atoms with van der Waals surface area (Å²) in [6.07, 6.45) is 1.08. The zero-order valence-electron chi connectivity index (χ0n) is 12.5. The van der Waals surface area contributed by atoms with Crippen LogP contribution in [-0.4, -0.2) is 19.1 Å². The van der Waals surface area contributed by atoms with Gasteiger partial charge in [-0.15, -0.1) is 0 Å². The summed E-state index contributed by atoms with van der Waals surface area (Å²) < 4.78 is 0. The molecular weight excluding hydrogens is 220 g/mol. The van der Waals surface area contributed by atoms with E-state index in [1.807, 2.05) is 0 Å². The van der Waals surface area contributed by atoms with Crippen molar-refractivity contribution >= 4 is 0 Å². The van der Waals surface area contributed by atoms with Crippen molar-refractivity contribution in [1.29, 1.82) is 0 Å². The summed E-state index contributed by atoms with van der Waals surface area (Å²) in [6.45, 7) is 12.7. The van der Waals surface area contributed by atoms with Crippen LogP contribution in [0.1, 0.15) is 36.1 Å². The second kappa shape index (κ2) is 6.91. The first kappa shape index (κ1) is 15.2. The maximum atomic E-state index is 5.76. The van der Waals surface area contributed by atoms with Gasteiger partial charge in [-0.05, 0) is 61.9 Å². The topological polar surface area (TPSA) is 38.0 Å². The lowest BCUT2D eigenvalue weighted by atomic mass is 9.96. The van der Waals surface area contributed by atoms with Crippen LogP contribution in [0.3, 0.4) is 0 Å². The van der Waals surface area contributed by atoms with Crippen LogP contribution in [0.2, 0.25) is 0 Å². The predicted molar refractivity (Wildman–Crippen MR) is 80.0 cm³/mol. The van der Waals surface area contributed by atoms with Crippen molar-refractivity contribution in [3.8, 4) is 0 Å². The van der Waals surface area contributed by atoms with Gasteiger partial charge in [-0.1, -0.05) is 26.0 Å². The van der Waals surface area contributed by atoms with Crippen molar-refractivity contribution in [3.05, 3.63) is 34.4 Å². The molecule has 102 valence electrons. The SMILES string of the molecule is Cc1ccc(CCNC(CN)C(C)C)c(C)c1C. The molecule has 0 heterocycles. The number of benzene rings is 1. The minimum Gasteiger partial charge on any atom is -0.329 e. The van der Waals surface area contributed by atoms with Gasteiger partial charge in [0.15, 0.2) is 0 Å². The van der Waals surface area contributed by atoms with Crippen molar-refractivity contribution in [3.63, 3.8) is 0 Å². The molecule has 0 fully saturated rings. The second-order valence-electron chi connectivity index (χ2n) is 5.58. The maximum absolute atomic E-state index is 5.76. The molecule has 2 heteroatoms. The van der Waals surface area contributed by atoms with E-state index in [1.165, 1.54) is 22.3 Å². The molecular formula is C16H28N2. The minimum absolute atomic E-state index is 0.428. The molecule has 1 unspecified atom stereocenters. The van der Waals surface area contributed by atoms with E-state index >= 15 is 0 Å². The van der Waals surface area contributed by atoms with E-state index < -0.39 is 0 Å². The zero-order chi connectivity index (χ0) is 13.7. The average Bonchev–Trinajstić information content (AvgIpc) is 2.33. The fourth-order valence-electron chi connectivity index (χ4n) is 2.27. The summed E-state index contributed by atoms with van der Waals surface area (Å²) in [5, 5.41) is 3.55. The van der Waals surface area contributed by atoms with Gasteiger partial charge >= 0.3 is 0 Å². The first-order valence-electron chi connectivity index (χ1n) is 6.96. The average molecular weight is 248 g/mol. The van der Waals surface area contributed by atoms with Crippen LogP contribution in [0.4, 0.5) is 0 Å². The summed E-state index contributed by atoms with van der Waals surface area (Å²) in [5.41, 5.74) is 11.5. The second-order valence-corrected chi connectivity index (χ2v) is 5.58. The van der Waals surface area contributed by atoms with Crippen molar-refractivity contribution in [2.75, 3.05) is 13.1 Å². The Morgan fingerprint density at radius 1 is 1.11 bits per heavy atom. The summed E-state index contributed by atoms with van der Waals surface area (Å²) >= 11 is 0. The van der Waals surface area contributed by atoms with Gasteiger partial charge in [0.05, 0.1) is 0 Å². The van der Waals surface area contributed by atoms with Gasteiger partial charge in [-0.3, -0.25) is 0 Å². The van der Waals surface area contributed by atoms with Crippen molar-refractivity contribution in [1.82, 2.24) is 5.32 Å². The third-order valence-electron chi connectivity index (χ3n) is 4.03. The van der Waals surface area contributed by atoms with Crippen LogP contribution < -0.4 is 11.1 Å². The summed E-state index contributed by atoms with van der Waals surface area (Å²) in [5.74, 6) is 0.593. The molecule has 0 saturated carbocycles. The van der Waals surface area contributed by atoms with E-state index in [1.54, 1.807) is 0 Å². The Kier molecular flexibility index (Phi) is 5.83. The molecule has 0 saturated heterocycles. The number of hydrogen-bond acceptors (Lipinski definition) is 2. The van der Waals surface area contributed by atoms with Gasteiger partial charge in [0, 0.05) is 12.6 Å². The van der Waals surface area contributed by atoms with Crippen LogP contribution >= 0.6 is 0 Å². The first-order chi connectivity index (χ1) is 8.47. The number of nitrogens with two attached hydrogens (primary N) is 1. The quantitative estimate of drug-likeness (QED) is 0.812. The first-order valence-corrected chi connectivity index (χ1v) is 6.96. The van der Waals surface area contributed by atoms with E-state index in [-0.39, 0.29) is 0 Å². The molecule has 0 aliphatic rings. The molecule has 0 spiro atoms. The molecule has 0 radical (unpaired) electrons. The summed E-state index contributed by atoms with van der Waals surface area (Å²) in [4.78, 5) is 0. The summed E-state index contributed by atoms with van der Waals surface area (Å²) in [6, 6.07) is 4.91. The van der Waals surface area contributed by atoms with Crippen LogP contribution in [0.5, 0.6) is 0 Å². The smallest absolute Gasteiger partial charge is 0.0213 e. The minimum atomic E-state index is 0.428. The Morgan fingerprint density at radius 2 is 1.78 bits per heavy atom. The van der Waals surface area contributed by atoms with Crippen molar-refractivity contribution in [2.45, 2.75) is 47.1 Å². The molecule has 2 nitrogen and oxygen atoms in total. The monoisotopic (exact) mass is 248 g/mol. The molecule has 1 aromatic rings. The third kappa shape index (κ3) is 3.82. The highest BCUT2D eigenvalue weighted by Gasteiger charge is 2.10. The lowest BCUT2D eigenvalue weighted by Crippen LogP contribution is -2.41. The Labute approximate surface area is 112 Å². The van der Waals surface area contributed by atoms with E-state index in [4.69, 9.17) is 5.73 Å². The molecule has 0 aromatic heterocycles. The Morgan fingerprint density at radius 3 is 2.33 bits per heavy atom. The number of aryl methyl sites for hydroxylation is 1. The van der Waals surface area contributed by atoms with Gasteiger partial charge in [-0.2, -0.15) is 0 Å². The highest BCUT2D eigenvalue weighted by Crippen LogP contribution is 2.17. The molecule has 1 atom stereocenters. The van der Waals surface area contributed by atoms with Gasteiger partial charge < -0.3 is 11.1 Å². The molecule has 1 aromatic carbocycles. The normalized spacial score (nSPS) is 13.1. The molecule has 1 rings (SSSR count). The van der Waals surface area contributed by atoms with Crippen LogP contribution in [0.25, 0.3) is 0 Å².